The standard InChI is InChI=1S/C10H19NO2S/c1-4-14-7-9(3)11-6-5-8(2)10(12)13/h5,9,11H,4,6-7H2,1-3H3,(H,12,13)/b8-5-. The maximum absolute atomic E-state index is 10.4. The third-order valence-electron chi connectivity index (χ3n) is 1.78. The number of thioether (sulfide) groups is 1. The molecule has 0 rings (SSSR count). The molecule has 0 aromatic carbocycles. The molecule has 4 heteroatoms. The van der Waals surface area contributed by atoms with Gasteiger partial charge in [0.25, 0.3) is 0 Å². The molecule has 0 aliphatic rings. The zero-order valence-electron chi connectivity index (χ0n) is 9.04. The summed E-state index contributed by atoms with van der Waals surface area (Å²) >= 11 is 1.88. The Bertz CT molecular complexity index is 204. The van der Waals surface area contributed by atoms with Crippen LogP contribution in [-0.4, -0.2) is 35.2 Å². The van der Waals surface area contributed by atoms with Crippen LogP contribution in [0.4, 0.5) is 0 Å². The van der Waals surface area contributed by atoms with Crippen molar-refractivity contribution in [1.29, 1.82) is 0 Å². The average molecular weight is 217 g/mol. The molecule has 0 aromatic heterocycles. The van der Waals surface area contributed by atoms with E-state index in [1.54, 1.807) is 13.0 Å². The summed E-state index contributed by atoms with van der Waals surface area (Å²) in [5, 5.41) is 11.8. The van der Waals surface area contributed by atoms with Gasteiger partial charge in [-0.15, -0.1) is 0 Å². The van der Waals surface area contributed by atoms with Crippen LogP contribution in [0.1, 0.15) is 20.8 Å². The van der Waals surface area contributed by atoms with Crippen LogP contribution in [0.5, 0.6) is 0 Å². The lowest BCUT2D eigenvalue weighted by Crippen LogP contribution is -2.28. The number of nitrogens with one attached hydrogen (secondary N) is 1. The molecule has 0 fully saturated rings. The van der Waals surface area contributed by atoms with Gasteiger partial charge in [0, 0.05) is 23.9 Å². The van der Waals surface area contributed by atoms with Crippen LogP contribution in [0.2, 0.25) is 0 Å². The first kappa shape index (κ1) is 13.5. The van der Waals surface area contributed by atoms with Crippen molar-refractivity contribution in [2.45, 2.75) is 26.8 Å². The van der Waals surface area contributed by atoms with E-state index in [0.29, 0.717) is 18.2 Å². The van der Waals surface area contributed by atoms with Crippen molar-refractivity contribution in [2.75, 3.05) is 18.1 Å². The van der Waals surface area contributed by atoms with E-state index in [9.17, 15) is 4.79 Å². The Morgan fingerprint density at radius 3 is 2.79 bits per heavy atom. The lowest BCUT2D eigenvalue weighted by atomic mass is 10.3. The van der Waals surface area contributed by atoms with Crippen LogP contribution in [0, 0.1) is 0 Å². The topological polar surface area (TPSA) is 49.3 Å². The summed E-state index contributed by atoms with van der Waals surface area (Å²) in [6, 6.07) is 0.429. The van der Waals surface area contributed by atoms with Crippen molar-refractivity contribution in [1.82, 2.24) is 5.32 Å². The van der Waals surface area contributed by atoms with Gasteiger partial charge in [-0.1, -0.05) is 13.0 Å². The number of carbonyl (C=O) groups is 1. The van der Waals surface area contributed by atoms with E-state index in [4.69, 9.17) is 5.11 Å². The number of rotatable bonds is 7. The van der Waals surface area contributed by atoms with Gasteiger partial charge in [0.15, 0.2) is 0 Å². The molecule has 0 spiro atoms. The number of hydrogen-bond acceptors (Lipinski definition) is 3. The van der Waals surface area contributed by atoms with Crippen LogP contribution in [0.15, 0.2) is 11.6 Å². The second-order valence-corrected chi connectivity index (χ2v) is 4.48. The molecule has 0 aliphatic heterocycles. The van der Waals surface area contributed by atoms with E-state index in [2.05, 4.69) is 19.2 Å². The number of hydrogen-bond donors (Lipinski definition) is 2. The highest BCUT2D eigenvalue weighted by Gasteiger charge is 2.01. The Morgan fingerprint density at radius 1 is 1.64 bits per heavy atom. The summed E-state index contributed by atoms with van der Waals surface area (Å²) in [5.41, 5.74) is 0.396. The minimum Gasteiger partial charge on any atom is -0.478 e. The van der Waals surface area contributed by atoms with E-state index < -0.39 is 5.97 Å². The van der Waals surface area contributed by atoms with Crippen LogP contribution >= 0.6 is 11.8 Å². The summed E-state index contributed by atoms with van der Waals surface area (Å²) in [7, 11) is 0. The molecule has 14 heavy (non-hydrogen) atoms. The average Bonchev–Trinajstić information content (AvgIpc) is 2.14. The Morgan fingerprint density at radius 2 is 2.29 bits per heavy atom. The Hall–Kier alpha value is -0.480. The third kappa shape index (κ3) is 6.97. The third-order valence-corrected chi connectivity index (χ3v) is 2.93. The van der Waals surface area contributed by atoms with Gasteiger partial charge in [0.1, 0.15) is 0 Å². The van der Waals surface area contributed by atoms with Crippen molar-refractivity contribution in [3.05, 3.63) is 11.6 Å². The summed E-state index contributed by atoms with van der Waals surface area (Å²) in [6.07, 6.45) is 1.70. The molecular formula is C10H19NO2S. The predicted octanol–water partition coefficient (Wildman–Crippen LogP) is 1.75. The first-order valence-electron chi connectivity index (χ1n) is 4.79. The zero-order chi connectivity index (χ0) is 11.0. The number of aliphatic carboxylic acids is 1. The highest BCUT2D eigenvalue weighted by Crippen LogP contribution is 2.01. The molecule has 0 aromatic rings. The fourth-order valence-electron chi connectivity index (χ4n) is 0.854. The number of carboxylic acids is 1. The van der Waals surface area contributed by atoms with Gasteiger partial charge >= 0.3 is 5.97 Å². The first-order chi connectivity index (χ1) is 6.57. The Kier molecular flexibility index (Phi) is 7.61. The van der Waals surface area contributed by atoms with Crippen molar-refractivity contribution < 1.29 is 9.90 Å². The minimum absolute atomic E-state index is 0.396. The van der Waals surface area contributed by atoms with E-state index in [1.807, 2.05) is 11.8 Å². The van der Waals surface area contributed by atoms with Gasteiger partial charge in [0.05, 0.1) is 0 Å². The number of carboxylic acid groups (broad SMARTS) is 1. The van der Waals surface area contributed by atoms with Gasteiger partial charge < -0.3 is 10.4 Å². The van der Waals surface area contributed by atoms with Crippen LogP contribution < -0.4 is 5.32 Å². The van der Waals surface area contributed by atoms with E-state index in [-0.39, 0.29) is 0 Å². The molecule has 0 bridgehead atoms. The quantitative estimate of drug-likeness (QED) is 0.638. The van der Waals surface area contributed by atoms with E-state index in [1.165, 1.54) is 0 Å². The predicted molar refractivity (Wildman–Crippen MR) is 61.9 cm³/mol. The molecule has 1 unspecified atom stereocenters. The van der Waals surface area contributed by atoms with E-state index in [0.717, 1.165) is 11.5 Å². The van der Waals surface area contributed by atoms with E-state index >= 15 is 0 Å². The maximum Gasteiger partial charge on any atom is 0.330 e. The molecule has 2 N–H and O–H groups in total. The van der Waals surface area contributed by atoms with Crippen LogP contribution in [0.25, 0.3) is 0 Å². The molecule has 0 amide bonds. The lowest BCUT2D eigenvalue weighted by molar-refractivity contribution is -0.132. The zero-order valence-corrected chi connectivity index (χ0v) is 9.86. The van der Waals surface area contributed by atoms with Gasteiger partial charge in [-0.05, 0) is 19.6 Å². The van der Waals surface area contributed by atoms with Crippen molar-refractivity contribution >= 4 is 17.7 Å². The van der Waals surface area contributed by atoms with Crippen LogP contribution in [0.3, 0.4) is 0 Å². The summed E-state index contributed by atoms with van der Waals surface area (Å²) in [5.74, 6) is 1.34. The second kappa shape index (κ2) is 7.88. The molecule has 1 atom stereocenters. The largest absolute Gasteiger partial charge is 0.478 e. The fraction of sp³-hybridized carbons (Fsp3) is 0.700. The summed E-state index contributed by atoms with van der Waals surface area (Å²) in [4.78, 5) is 10.4. The Labute approximate surface area is 90.0 Å². The molecule has 3 nitrogen and oxygen atoms in total. The van der Waals surface area contributed by atoms with Gasteiger partial charge in [0.2, 0.25) is 0 Å². The minimum atomic E-state index is -0.845. The Balaban J connectivity index is 3.62. The monoisotopic (exact) mass is 217 g/mol. The molecule has 82 valence electrons. The molecule has 0 saturated heterocycles. The fourth-order valence-corrected chi connectivity index (χ4v) is 1.56. The van der Waals surface area contributed by atoms with Gasteiger partial charge in [-0.2, -0.15) is 11.8 Å². The second-order valence-electron chi connectivity index (χ2n) is 3.16. The van der Waals surface area contributed by atoms with Crippen molar-refractivity contribution in [3.8, 4) is 0 Å². The molecular weight excluding hydrogens is 198 g/mol. The first-order valence-corrected chi connectivity index (χ1v) is 5.94. The highest BCUT2D eigenvalue weighted by atomic mass is 32.2. The molecule has 0 heterocycles. The SMILES string of the molecule is CCSCC(C)NC/C=C(/C)C(=O)O. The summed E-state index contributed by atoms with van der Waals surface area (Å²) < 4.78 is 0. The van der Waals surface area contributed by atoms with Crippen LogP contribution in [-0.2, 0) is 4.79 Å². The summed E-state index contributed by atoms with van der Waals surface area (Å²) in [6.45, 7) is 6.47. The molecule has 0 radical (unpaired) electrons. The highest BCUT2D eigenvalue weighted by molar-refractivity contribution is 7.99. The van der Waals surface area contributed by atoms with Gasteiger partial charge in [-0.25, -0.2) is 4.79 Å². The normalized spacial score (nSPS) is 14.1. The molecule has 0 saturated carbocycles. The smallest absolute Gasteiger partial charge is 0.330 e. The van der Waals surface area contributed by atoms with Gasteiger partial charge in [-0.3, -0.25) is 0 Å². The van der Waals surface area contributed by atoms with Crippen molar-refractivity contribution in [2.24, 2.45) is 0 Å². The van der Waals surface area contributed by atoms with Crippen molar-refractivity contribution in [3.63, 3.8) is 0 Å². The lowest BCUT2D eigenvalue weighted by Gasteiger charge is -2.10. The molecule has 0 aliphatic carbocycles. The maximum atomic E-state index is 10.4.